The number of hydrogen-bond acceptors (Lipinski definition) is 4. The van der Waals surface area contributed by atoms with Crippen molar-refractivity contribution in [1.29, 1.82) is 0 Å². The summed E-state index contributed by atoms with van der Waals surface area (Å²) in [6, 6.07) is 8.28. The molecule has 2 heterocycles. The molecule has 22 heavy (non-hydrogen) atoms. The Morgan fingerprint density at radius 3 is 1.32 bits per heavy atom. The van der Waals surface area contributed by atoms with Crippen LogP contribution in [-0.4, -0.2) is 72.4 Å². The standard InChI is InChI=1S/C16H20N2O2S2/c21-15(17-5-9-19-10-6-17)13-1-2-14(4-3-13)16(22)18-7-11-20-12-8-18/h1-4H,5-12H2. The minimum atomic E-state index is 0.749. The van der Waals surface area contributed by atoms with Crippen LogP contribution >= 0.6 is 24.4 Å². The van der Waals surface area contributed by atoms with Gasteiger partial charge in [0.15, 0.2) is 0 Å². The van der Waals surface area contributed by atoms with E-state index in [-0.39, 0.29) is 0 Å². The van der Waals surface area contributed by atoms with Crippen molar-refractivity contribution in [3.8, 4) is 0 Å². The summed E-state index contributed by atoms with van der Waals surface area (Å²) in [5.41, 5.74) is 2.15. The van der Waals surface area contributed by atoms with Gasteiger partial charge in [-0.1, -0.05) is 48.7 Å². The van der Waals surface area contributed by atoms with E-state index < -0.39 is 0 Å². The minimum absolute atomic E-state index is 0.749. The fraction of sp³-hybridized carbons (Fsp3) is 0.500. The molecule has 0 N–H and O–H groups in total. The van der Waals surface area contributed by atoms with E-state index in [1.807, 2.05) is 0 Å². The molecule has 0 aliphatic carbocycles. The van der Waals surface area contributed by atoms with Crippen LogP contribution in [0.1, 0.15) is 11.1 Å². The van der Waals surface area contributed by atoms with Crippen LogP contribution in [0.4, 0.5) is 0 Å². The molecule has 2 saturated heterocycles. The molecule has 0 atom stereocenters. The molecule has 4 nitrogen and oxygen atoms in total. The lowest BCUT2D eigenvalue weighted by Gasteiger charge is -2.30. The van der Waals surface area contributed by atoms with Gasteiger partial charge >= 0.3 is 0 Å². The van der Waals surface area contributed by atoms with Gasteiger partial charge in [-0.3, -0.25) is 0 Å². The normalized spacial score (nSPS) is 19.1. The Kier molecular flexibility index (Phi) is 5.36. The zero-order valence-electron chi connectivity index (χ0n) is 12.5. The van der Waals surface area contributed by atoms with Gasteiger partial charge in [0.1, 0.15) is 9.98 Å². The summed E-state index contributed by atoms with van der Waals surface area (Å²) in [6.45, 7) is 6.47. The second-order valence-corrected chi connectivity index (χ2v) is 6.16. The van der Waals surface area contributed by atoms with Crippen molar-refractivity contribution in [3.63, 3.8) is 0 Å². The van der Waals surface area contributed by atoms with E-state index in [2.05, 4.69) is 34.1 Å². The maximum atomic E-state index is 5.59. The maximum absolute atomic E-state index is 5.59. The predicted octanol–water partition coefficient (Wildman–Crippen LogP) is 1.70. The highest BCUT2D eigenvalue weighted by Crippen LogP contribution is 2.13. The Labute approximate surface area is 142 Å². The Bertz CT molecular complexity index is 487. The molecule has 0 bridgehead atoms. The quantitative estimate of drug-likeness (QED) is 0.763. The van der Waals surface area contributed by atoms with Gasteiger partial charge < -0.3 is 19.3 Å². The average Bonchev–Trinajstić information content (AvgIpc) is 2.62. The third-order valence-electron chi connectivity index (χ3n) is 3.98. The van der Waals surface area contributed by atoms with Crippen molar-refractivity contribution in [2.24, 2.45) is 0 Å². The summed E-state index contributed by atoms with van der Waals surface area (Å²) in [5.74, 6) is 0. The number of ether oxygens (including phenoxy) is 2. The van der Waals surface area contributed by atoms with Crippen LogP contribution in [0.25, 0.3) is 0 Å². The fourth-order valence-corrected chi connectivity index (χ4v) is 3.29. The van der Waals surface area contributed by atoms with Crippen molar-refractivity contribution in [2.45, 2.75) is 0 Å². The molecule has 0 amide bonds. The van der Waals surface area contributed by atoms with Gasteiger partial charge in [-0.15, -0.1) is 0 Å². The van der Waals surface area contributed by atoms with E-state index in [1.54, 1.807) is 0 Å². The van der Waals surface area contributed by atoms with Crippen LogP contribution in [0, 0.1) is 0 Å². The first kappa shape index (κ1) is 15.8. The van der Waals surface area contributed by atoms with Gasteiger partial charge in [-0.2, -0.15) is 0 Å². The van der Waals surface area contributed by atoms with Crippen LogP contribution in [0.3, 0.4) is 0 Å². The fourth-order valence-electron chi connectivity index (χ4n) is 2.65. The van der Waals surface area contributed by atoms with E-state index in [9.17, 15) is 0 Å². The highest BCUT2D eigenvalue weighted by molar-refractivity contribution is 7.81. The topological polar surface area (TPSA) is 24.9 Å². The van der Waals surface area contributed by atoms with Gasteiger partial charge in [0.25, 0.3) is 0 Å². The SMILES string of the molecule is S=C(c1ccc(C(=S)N2CCOCC2)cc1)N1CCOCC1. The summed E-state index contributed by atoms with van der Waals surface area (Å²) in [7, 11) is 0. The number of morpholine rings is 2. The summed E-state index contributed by atoms with van der Waals surface area (Å²) in [6.07, 6.45) is 0. The molecular weight excluding hydrogens is 316 g/mol. The molecule has 118 valence electrons. The van der Waals surface area contributed by atoms with Crippen LogP contribution in [0.15, 0.2) is 24.3 Å². The highest BCUT2D eigenvalue weighted by atomic mass is 32.1. The molecule has 0 aromatic heterocycles. The number of hydrogen-bond donors (Lipinski definition) is 0. The number of rotatable bonds is 2. The third-order valence-corrected chi connectivity index (χ3v) is 4.96. The zero-order valence-corrected chi connectivity index (χ0v) is 14.1. The molecule has 2 fully saturated rings. The van der Waals surface area contributed by atoms with Crippen LogP contribution in [0.2, 0.25) is 0 Å². The van der Waals surface area contributed by atoms with E-state index >= 15 is 0 Å². The summed E-state index contributed by atoms with van der Waals surface area (Å²) in [5, 5.41) is 0. The van der Waals surface area contributed by atoms with Crippen molar-refractivity contribution >= 4 is 34.4 Å². The van der Waals surface area contributed by atoms with Gasteiger partial charge in [-0.25, -0.2) is 0 Å². The molecule has 2 aliphatic heterocycles. The van der Waals surface area contributed by atoms with Crippen molar-refractivity contribution < 1.29 is 9.47 Å². The molecule has 2 aliphatic rings. The second-order valence-electron chi connectivity index (χ2n) is 5.39. The molecule has 1 aromatic rings. The Morgan fingerprint density at radius 2 is 1.00 bits per heavy atom. The van der Waals surface area contributed by atoms with E-state index in [1.165, 1.54) is 0 Å². The molecule has 3 rings (SSSR count). The van der Waals surface area contributed by atoms with Crippen molar-refractivity contribution in [2.75, 3.05) is 52.6 Å². The minimum Gasteiger partial charge on any atom is -0.378 e. The third kappa shape index (κ3) is 3.63. The zero-order chi connectivity index (χ0) is 15.4. The Morgan fingerprint density at radius 1 is 0.682 bits per heavy atom. The number of thiocarbonyl (C=S) groups is 2. The van der Waals surface area contributed by atoms with Gasteiger partial charge in [0.2, 0.25) is 0 Å². The van der Waals surface area contributed by atoms with Gasteiger partial charge in [0, 0.05) is 37.3 Å². The molecule has 6 heteroatoms. The predicted molar refractivity (Wildman–Crippen MR) is 94.6 cm³/mol. The second kappa shape index (κ2) is 7.46. The number of benzene rings is 1. The Hall–Kier alpha value is -1.08. The molecular formula is C16H20N2O2S2. The molecule has 0 radical (unpaired) electrons. The van der Waals surface area contributed by atoms with Gasteiger partial charge in [0.05, 0.1) is 26.4 Å². The number of nitrogens with zero attached hydrogens (tertiary/aromatic N) is 2. The smallest absolute Gasteiger partial charge is 0.109 e. The first-order valence-electron chi connectivity index (χ1n) is 7.60. The highest BCUT2D eigenvalue weighted by Gasteiger charge is 2.17. The lowest BCUT2D eigenvalue weighted by atomic mass is 10.1. The molecule has 1 aromatic carbocycles. The summed E-state index contributed by atoms with van der Waals surface area (Å²) >= 11 is 11.2. The summed E-state index contributed by atoms with van der Waals surface area (Å²) < 4.78 is 10.7. The first-order chi connectivity index (χ1) is 10.8. The van der Waals surface area contributed by atoms with Crippen molar-refractivity contribution in [3.05, 3.63) is 35.4 Å². The van der Waals surface area contributed by atoms with Gasteiger partial charge in [-0.05, 0) is 0 Å². The molecule has 0 unspecified atom stereocenters. The monoisotopic (exact) mass is 336 g/mol. The van der Waals surface area contributed by atoms with Crippen molar-refractivity contribution in [1.82, 2.24) is 9.80 Å². The van der Waals surface area contributed by atoms with Crippen LogP contribution < -0.4 is 0 Å². The Balaban J connectivity index is 1.66. The van der Waals surface area contributed by atoms with E-state index in [0.29, 0.717) is 0 Å². The largest absolute Gasteiger partial charge is 0.378 e. The van der Waals surface area contributed by atoms with Crippen LogP contribution in [-0.2, 0) is 9.47 Å². The molecule has 0 spiro atoms. The summed E-state index contributed by atoms with van der Waals surface area (Å²) in [4.78, 5) is 6.20. The lowest BCUT2D eigenvalue weighted by molar-refractivity contribution is 0.0691. The lowest BCUT2D eigenvalue weighted by Crippen LogP contribution is -2.40. The molecule has 0 saturated carbocycles. The van der Waals surface area contributed by atoms with E-state index in [4.69, 9.17) is 33.9 Å². The maximum Gasteiger partial charge on any atom is 0.109 e. The van der Waals surface area contributed by atoms with E-state index in [0.717, 1.165) is 73.7 Å². The first-order valence-corrected chi connectivity index (χ1v) is 8.41. The van der Waals surface area contributed by atoms with Crippen LogP contribution in [0.5, 0.6) is 0 Å². The average molecular weight is 336 g/mol.